The number of carbonyl (C=O) groups excluding carboxylic acids is 1. The van der Waals surface area contributed by atoms with E-state index in [4.69, 9.17) is 10.00 Å². The molecule has 0 unspecified atom stereocenters. The van der Waals surface area contributed by atoms with Gasteiger partial charge in [-0.05, 0) is 55.3 Å². The number of aldehydes is 1. The molecule has 0 saturated carbocycles. The van der Waals surface area contributed by atoms with Crippen molar-refractivity contribution in [3.05, 3.63) is 58.7 Å². The second-order valence-corrected chi connectivity index (χ2v) is 4.41. The largest absolute Gasteiger partial charge is 0.456 e. The van der Waals surface area contributed by atoms with Crippen LogP contribution in [0.3, 0.4) is 0 Å². The Kier molecular flexibility index (Phi) is 3.63. The maximum atomic E-state index is 10.7. The van der Waals surface area contributed by atoms with Gasteiger partial charge >= 0.3 is 0 Å². The van der Waals surface area contributed by atoms with Crippen molar-refractivity contribution in [2.24, 2.45) is 0 Å². The molecule has 3 heteroatoms. The van der Waals surface area contributed by atoms with Crippen LogP contribution < -0.4 is 4.74 Å². The number of benzene rings is 2. The Hall–Kier alpha value is -2.60. The molecule has 0 radical (unpaired) electrons. The van der Waals surface area contributed by atoms with Crippen LogP contribution in [-0.4, -0.2) is 6.29 Å². The molecule has 0 aromatic heterocycles. The van der Waals surface area contributed by atoms with Crippen molar-refractivity contribution in [3.8, 4) is 17.6 Å². The maximum absolute atomic E-state index is 10.7. The third-order valence-corrected chi connectivity index (χ3v) is 2.68. The van der Waals surface area contributed by atoms with Crippen LogP contribution in [0, 0.1) is 25.2 Å². The van der Waals surface area contributed by atoms with E-state index in [1.165, 1.54) is 6.07 Å². The molecule has 2 rings (SSSR count). The molecule has 0 spiro atoms. The minimum Gasteiger partial charge on any atom is -0.456 e. The Bertz CT molecular complexity index is 649. The fraction of sp³-hybridized carbons (Fsp3) is 0.125. The van der Waals surface area contributed by atoms with Gasteiger partial charge in [-0.15, -0.1) is 0 Å². The predicted octanol–water partition coefficient (Wildman–Crippen LogP) is 3.78. The van der Waals surface area contributed by atoms with Crippen molar-refractivity contribution < 1.29 is 9.53 Å². The molecule has 0 aliphatic carbocycles. The van der Waals surface area contributed by atoms with Crippen molar-refractivity contribution in [3.63, 3.8) is 0 Å². The van der Waals surface area contributed by atoms with Gasteiger partial charge in [0, 0.05) is 5.56 Å². The SMILES string of the molecule is Cc1cc(C)cc(Oc2ccc(C=O)cc2C#N)c1. The van der Waals surface area contributed by atoms with Crippen LogP contribution in [-0.2, 0) is 0 Å². The summed E-state index contributed by atoms with van der Waals surface area (Å²) in [5.41, 5.74) is 3.00. The van der Waals surface area contributed by atoms with Crippen LogP contribution in [0.15, 0.2) is 36.4 Å². The number of rotatable bonds is 3. The monoisotopic (exact) mass is 251 g/mol. The van der Waals surface area contributed by atoms with Crippen molar-refractivity contribution in [1.82, 2.24) is 0 Å². The molecule has 0 aliphatic heterocycles. The number of ether oxygens (including phenoxy) is 1. The van der Waals surface area contributed by atoms with Gasteiger partial charge in [-0.3, -0.25) is 4.79 Å². The zero-order valence-electron chi connectivity index (χ0n) is 10.8. The summed E-state index contributed by atoms with van der Waals surface area (Å²) < 4.78 is 5.72. The van der Waals surface area contributed by atoms with Crippen LogP contribution in [0.2, 0.25) is 0 Å². The fourth-order valence-corrected chi connectivity index (χ4v) is 1.92. The molecule has 0 N–H and O–H groups in total. The third-order valence-electron chi connectivity index (χ3n) is 2.68. The molecule has 19 heavy (non-hydrogen) atoms. The van der Waals surface area contributed by atoms with Gasteiger partial charge in [0.2, 0.25) is 0 Å². The van der Waals surface area contributed by atoms with E-state index in [1.807, 2.05) is 38.1 Å². The first-order valence-corrected chi connectivity index (χ1v) is 5.88. The number of carbonyl (C=O) groups is 1. The Morgan fingerprint density at radius 2 is 1.79 bits per heavy atom. The summed E-state index contributed by atoms with van der Waals surface area (Å²) in [5, 5.41) is 9.08. The van der Waals surface area contributed by atoms with Crippen LogP contribution in [0.1, 0.15) is 27.0 Å². The van der Waals surface area contributed by atoms with Crippen molar-refractivity contribution in [1.29, 1.82) is 5.26 Å². The molecule has 94 valence electrons. The molecule has 0 fully saturated rings. The van der Waals surface area contributed by atoms with Gasteiger partial charge in [-0.1, -0.05) is 6.07 Å². The molecule has 0 bridgehead atoms. The average molecular weight is 251 g/mol. The van der Waals surface area contributed by atoms with Gasteiger partial charge < -0.3 is 4.74 Å². The topological polar surface area (TPSA) is 50.1 Å². The lowest BCUT2D eigenvalue weighted by Crippen LogP contribution is -1.91. The van der Waals surface area contributed by atoms with E-state index < -0.39 is 0 Å². The highest BCUT2D eigenvalue weighted by molar-refractivity contribution is 5.76. The molecule has 0 amide bonds. The van der Waals surface area contributed by atoms with Crippen molar-refractivity contribution >= 4 is 6.29 Å². The molecule has 2 aromatic carbocycles. The second kappa shape index (κ2) is 5.36. The highest BCUT2D eigenvalue weighted by Crippen LogP contribution is 2.27. The van der Waals surface area contributed by atoms with Crippen LogP contribution in [0.4, 0.5) is 0 Å². The van der Waals surface area contributed by atoms with Crippen LogP contribution >= 0.6 is 0 Å². The standard InChI is InChI=1S/C16H13NO2/c1-11-5-12(2)7-15(6-11)19-16-4-3-13(10-18)8-14(16)9-17/h3-8,10H,1-2H3. The van der Waals surface area contributed by atoms with E-state index in [0.717, 1.165) is 11.1 Å². The van der Waals surface area contributed by atoms with E-state index in [1.54, 1.807) is 12.1 Å². The average Bonchev–Trinajstić information content (AvgIpc) is 2.38. The molecule has 0 heterocycles. The number of nitriles is 1. The Labute approximate surface area is 112 Å². The molecule has 2 aromatic rings. The highest BCUT2D eigenvalue weighted by atomic mass is 16.5. The van der Waals surface area contributed by atoms with Gasteiger partial charge in [0.15, 0.2) is 0 Å². The Morgan fingerprint density at radius 1 is 1.11 bits per heavy atom. The first-order chi connectivity index (χ1) is 9.12. The highest BCUT2D eigenvalue weighted by Gasteiger charge is 2.06. The number of nitrogens with zero attached hydrogens (tertiary/aromatic N) is 1. The quantitative estimate of drug-likeness (QED) is 0.780. The predicted molar refractivity (Wildman–Crippen MR) is 72.5 cm³/mol. The zero-order valence-corrected chi connectivity index (χ0v) is 10.8. The Balaban J connectivity index is 2.38. The lowest BCUT2D eigenvalue weighted by atomic mass is 10.1. The normalized spacial score (nSPS) is 9.74. The Morgan fingerprint density at radius 3 is 2.37 bits per heavy atom. The number of hydrogen-bond acceptors (Lipinski definition) is 3. The fourth-order valence-electron chi connectivity index (χ4n) is 1.92. The summed E-state index contributed by atoms with van der Waals surface area (Å²) in [6.07, 6.45) is 0.710. The minimum absolute atomic E-state index is 0.351. The lowest BCUT2D eigenvalue weighted by molar-refractivity contribution is 0.112. The first kappa shape index (κ1) is 12.8. The molecule has 0 aliphatic rings. The van der Waals surface area contributed by atoms with Gasteiger partial charge in [-0.2, -0.15) is 5.26 Å². The zero-order chi connectivity index (χ0) is 13.8. The van der Waals surface area contributed by atoms with E-state index >= 15 is 0 Å². The van der Waals surface area contributed by atoms with Gasteiger partial charge in [0.1, 0.15) is 23.9 Å². The summed E-state index contributed by atoms with van der Waals surface area (Å²) in [6.45, 7) is 3.97. The van der Waals surface area contributed by atoms with Crippen LogP contribution in [0.25, 0.3) is 0 Å². The smallest absolute Gasteiger partial charge is 0.150 e. The van der Waals surface area contributed by atoms with Gasteiger partial charge in [0.25, 0.3) is 0 Å². The van der Waals surface area contributed by atoms with E-state index in [9.17, 15) is 4.79 Å². The number of hydrogen-bond donors (Lipinski definition) is 0. The van der Waals surface area contributed by atoms with E-state index in [-0.39, 0.29) is 0 Å². The van der Waals surface area contributed by atoms with Crippen molar-refractivity contribution in [2.45, 2.75) is 13.8 Å². The number of aryl methyl sites for hydroxylation is 2. The van der Waals surface area contributed by atoms with Gasteiger partial charge in [0.05, 0.1) is 5.56 Å². The lowest BCUT2D eigenvalue weighted by Gasteiger charge is -2.09. The summed E-state index contributed by atoms with van der Waals surface area (Å²) in [6, 6.07) is 12.7. The third kappa shape index (κ3) is 2.99. The van der Waals surface area contributed by atoms with Crippen LogP contribution in [0.5, 0.6) is 11.5 Å². The van der Waals surface area contributed by atoms with E-state index in [0.29, 0.717) is 28.9 Å². The van der Waals surface area contributed by atoms with Gasteiger partial charge in [-0.25, -0.2) is 0 Å². The molecular weight excluding hydrogens is 238 g/mol. The summed E-state index contributed by atoms with van der Waals surface area (Å²) in [7, 11) is 0. The molecule has 0 atom stereocenters. The molecule has 3 nitrogen and oxygen atoms in total. The summed E-state index contributed by atoms with van der Waals surface area (Å²) in [5.74, 6) is 1.14. The summed E-state index contributed by atoms with van der Waals surface area (Å²) in [4.78, 5) is 10.7. The summed E-state index contributed by atoms with van der Waals surface area (Å²) >= 11 is 0. The van der Waals surface area contributed by atoms with Crippen molar-refractivity contribution in [2.75, 3.05) is 0 Å². The molecule has 0 saturated heterocycles. The maximum Gasteiger partial charge on any atom is 0.150 e. The molecular formula is C16H13NO2. The first-order valence-electron chi connectivity index (χ1n) is 5.88. The van der Waals surface area contributed by atoms with E-state index in [2.05, 4.69) is 0 Å². The second-order valence-electron chi connectivity index (χ2n) is 4.41. The minimum atomic E-state index is 0.351.